The van der Waals surface area contributed by atoms with E-state index in [2.05, 4.69) is 10.2 Å². The van der Waals surface area contributed by atoms with Gasteiger partial charge in [-0.05, 0) is 74.7 Å². The molecule has 0 aromatic heterocycles. The molecule has 0 saturated carbocycles. The van der Waals surface area contributed by atoms with Crippen LogP contribution in [0.3, 0.4) is 0 Å². The number of likely N-dealkylation sites (tertiary alicyclic amines) is 1. The lowest BCUT2D eigenvalue weighted by Gasteiger charge is -2.21. The number of aryl methyl sites for hydroxylation is 1. The van der Waals surface area contributed by atoms with Gasteiger partial charge >= 0.3 is 5.97 Å². The molecule has 1 saturated heterocycles. The molecule has 2 aromatic carbocycles. The van der Waals surface area contributed by atoms with Gasteiger partial charge in [-0.15, -0.1) is 0 Å². The quantitative estimate of drug-likeness (QED) is 0.610. The zero-order valence-electron chi connectivity index (χ0n) is 16.2. The summed E-state index contributed by atoms with van der Waals surface area (Å²) >= 11 is 5.51. The highest BCUT2D eigenvalue weighted by atomic mass is 32.1. The molecule has 1 heterocycles. The Morgan fingerprint density at radius 3 is 2.37 bits per heavy atom. The molecule has 0 bridgehead atoms. The number of benzene rings is 2. The number of anilines is 1. The van der Waals surface area contributed by atoms with Crippen LogP contribution in [0.1, 0.15) is 45.5 Å². The number of esters is 1. The van der Waals surface area contributed by atoms with Crippen molar-refractivity contribution in [2.45, 2.75) is 40.2 Å². The van der Waals surface area contributed by atoms with Crippen molar-refractivity contribution >= 4 is 29.0 Å². The zero-order chi connectivity index (χ0) is 19.4. The molecule has 0 amide bonds. The number of carbonyl (C=O) groups is 1. The Hall–Kier alpha value is -2.40. The third-order valence-corrected chi connectivity index (χ3v) is 5.49. The second-order valence-electron chi connectivity index (χ2n) is 7.10. The van der Waals surface area contributed by atoms with Gasteiger partial charge in [0.15, 0.2) is 5.11 Å². The Bertz CT molecular complexity index is 840. The molecule has 0 radical (unpaired) electrons. The van der Waals surface area contributed by atoms with Crippen LogP contribution in [0.15, 0.2) is 36.4 Å². The number of hydrogen-bond donors (Lipinski definition) is 1. The first-order valence-corrected chi connectivity index (χ1v) is 9.75. The normalized spacial score (nSPS) is 13.5. The van der Waals surface area contributed by atoms with Crippen LogP contribution >= 0.6 is 12.2 Å². The molecule has 3 rings (SSSR count). The van der Waals surface area contributed by atoms with Gasteiger partial charge in [0, 0.05) is 18.8 Å². The average Bonchev–Trinajstić information content (AvgIpc) is 3.20. The minimum Gasteiger partial charge on any atom is -0.457 e. The summed E-state index contributed by atoms with van der Waals surface area (Å²) < 4.78 is 5.50. The van der Waals surface area contributed by atoms with Crippen LogP contribution < -0.4 is 5.32 Å². The van der Waals surface area contributed by atoms with Crippen molar-refractivity contribution in [3.05, 3.63) is 64.2 Å². The van der Waals surface area contributed by atoms with Crippen molar-refractivity contribution < 1.29 is 9.53 Å². The number of ether oxygens (including phenoxy) is 1. The third kappa shape index (κ3) is 4.66. The summed E-state index contributed by atoms with van der Waals surface area (Å²) in [5.74, 6) is -0.301. The maximum atomic E-state index is 12.5. The lowest BCUT2D eigenvalue weighted by atomic mass is 10.0. The van der Waals surface area contributed by atoms with Crippen LogP contribution in [0.2, 0.25) is 0 Å². The molecule has 2 aromatic rings. The maximum Gasteiger partial charge on any atom is 0.338 e. The van der Waals surface area contributed by atoms with Crippen molar-refractivity contribution in [3.63, 3.8) is 0 Å². The van der Waals surface area contributed by atoms with Crippen LogP contribution in [0.4, 0.5) is 5.69 Å². The maximum absolute atomic E-state index is 12.5. The van der Waals surface area contributed by atoms with Gasteiger partial charge in [0.25, 0.3) is 0 Å². The summed E-state index contributed by atoms with van der Waals surface area (Å²) in [5.41, 5.74) is 5.64. The topological polar surface area (TPSA) is 41.6 Å². The first-order valence-electron chi connectivity index (χ1n) is 9.34. The smallest absolute Gasteiger partial charge is 0.338 e. The molecule has 0 aliphatic carbocycles. The summed E-state index contributed by atoms with van der Waals surface area (Å²) in [6, 6.07) is 11.7. The van der Waals surface area contributed by atoms with E-state index in [-0.39, 0.29) is 12.6 Å². The van der Waals surface area contributed by atoms with Crippen LogP contribution in [-0.2, 0) is 11.3 Å². The van der Waals surface area contributed by atoms with Crippen LogP contribution in [0.5, 0.6) is 0 Å². The van der Waals surface area contributed by atoms with Crippen molar-refractivity contribution in [1.82, 2.24) is 4.90 Å². The van der Waals surface area contributed by atoms with E-state index in [0.717, 1.165) is 40.6 Å². The summed E-state index contributed by atoms with van der Waals surface area (Å²) in [6.45, 7) is 8.27. The lowest BCUT2D eigenvalue weighted by Crippen LogP contribution is -2.32. The van der Waals surface area contributed by atoms with Crippen molar-refractivity contribution in [2.75, 3.05) is 18.4 Å². The molecular weight excluding hydrogens is 356 g/mol. The standard InChI is InChI=1S/C22H26N2O2S/c1-15-6-8-18(9-7-15)14-26-21(25)19-10-11-20(17(3)16(19)2)23-22(27)24-12-4-5-13-24/h6-11H,4-5,12-14H2,1-3H3,(H,23,27). The molecule has 1 aliphatic rings. The van der Waals surface area contributed by atoms with Gasteiger partial charge < -0.3 is 15.0 Å². The van der Waals surface area contributed by atoms with E-state index in [9.17, 15) is 4.79 Å². The van der Waals surface area contributed by atoms with Gasteiger partial charge in [-0.25, -0.2) is 4.79 Å². The second kappa shape index (κ2) is 8.53. The van der Waals surface area contributed by atoms with Crippen LogP contribution in [0, 0.1) is 20.8 Å². The SMILES string of the molecule is Cc1ccc(COC(=O)c2ccc(NC(=S)N3CCCC3)c(C)c2C)cc1. The molecule has 5 heteroatoms. The largest absolute Gasteiger partial charge is 0.457 e. The molecular formula is C22H26N2O2S. The second-order valence-corrected chi connectivity index (χ2v) is 7.48. The van der Waals surface area contributed by atoms with Gasteiger partial charge in [0.1, 0.15) is 6.61 Å². The minimum atomic E-state index is -0.301. The van der Waals surface area contributed by atoms with Gasteiger partial charge in [0.2, 0.25) is 0 Å². The Morgan fingerprint density at radius 2 is 1.70 bits per heavy atom. The Balaban J connectivity index is 1.67. The molecule has 1 fully saturated rings. The number of carbonyl (C=O) groups excluding carboxylic acids is 1. The average molecular weight is 383 g/mol. The fourth-order valence-electron chi connectivity index (χ4n) is 3.20. The highest BCUT2D eigenvalue weighted by molar-refractivity contribution is 7.80. The Labute approximate surface area is 166 Å². The van der Waals surface area contributed by atoms with Crippen molar-refractivity contribution in [3.8, 4) is 0 Å². The first-order chi connectivity index (χ1) is 13.0. The number of nitrogens with one attached hydrogen (secondary N) is 1. The molecule has 27 heavy (non-hydrogen) atoms. The summed E-state index contributed by atoms with van der Waals surface area (Å²) in [6.07, 6.45) is 2.37. The minimum absolute atomic E-state index is 0.274. The number of nitrogens with zero attached hydrogens (tertiary/aromatic N) is 1. The van der Waals surface area contributed by atoms with E-state index in [0.29, 0.717) is 5.56 Å². The van der Waals surface area contributed by atoms with Gasteiger partial charge in [-0.2, -0.15) is 0 Å². The fraction of sp³-hybridized carbons (Fsp3) is 0.364. The van der Waals surface area contributed by atoms with Crippen molar-refractivity contribution in [2.24, 2.45) is 0 Å². The van der Waals surface area contributed by atoms with Gasteiger partial charge in [-0.1, -0.05) is 29.8 Å². The van der Waals surface area contributed by atoms with E-state index in [4.69, 9.17) is 17.0 Å². The van der Waals surface area contributed by atoms with E-state index in [1.807, 2.05) is 57.2 Å². The Morgan fingerprint density at radius 1 is 1.04 bits per heavy atom. The van der Waals surface area contributed by atoms with E-state index < -0.39 is 0 Å². The van der Waals surface area contributed by atoms with Gasteiger partial charge in [-0.3, -0.25) is 0 Å². The summed E-state index contributed by atoms with van der Waals surface area (Å²) in [4.78, 5) is 14.7. The van der Waals surface area contributed by atoms with E-state index in [1.54, 1.807) is 0 Å². The monoisotopic (exact) mass is 382 g/mol. The highest BCUT2D eigenvalue weighted by Crippen LogP contribution is 2.24. The molecule has 1 aliphatic heterocycles. The van der Waals surface area contributed by atoms with E-state index in [1.165, 1.54) is 18.4 Å². The number of thiocarbonyl (C=S) groups is 1. The molecule has 0 unspecified atom stereocenters. The van der Waals surface area contributed by atoms with Crippen molar-refractivity contribution in [1.29, 1.82) is 0 Å². The predicted molar refractivity (Wildman–Crippen MR) is 113 cm³/mol. The van der Waals surface area contributed by atoms with Gasteiger partial charge in [0.05, 0.1) is 5.56 Å². The highest BCUT2D eigenvalue weighted by Gasteiger charge is 2.18. The molecule has 142 valence electrons. The molecule has 4 nitrogen and oxygen atoms in total. The fourth-order valence-corrected chi connectivity index (χ4v) is 3.50. The Kier molecular flexibility index (Phi) is 6.11. The zero-order valence-corrected chi connectivity index (χ0v) is 17.0. The molecule has 0 atom stereocenters. The first kappa shape index (κ1) is 19.4. The predicted octanol–water partition coefficient (Wildman–Crippen LogP) is 4.76. The third-order valence-electron chi connectivity index (χ3n) is 5.13. The molecule has 0 spiro atoms. The van der Waals surface area contributed by atoms with E-state index >= 15 is 0 Å². The summed E-state index contributed by atoms with van der Waals surface area (Å²) in [5, 5.41) is 4.08. The van der Waals surface area contributed by atoms with Crippen LogP contribution in [-0.4, -0.2) is 29.1 Å². The number of hydrogen-bond acceptors (Lipinski definition) is 3. The van der Waals surface area contributed by atoms with Crippen LogP contribution in [0.25, 0.3) is 0 Å². The molecule has 1 N–H and O–H groups in total. The lowest BCUT2D eigenvalue weighted by molar-refractivity contribution is 0.0472. The number of rotatable bonds is 4. The summed E-state index contributed by atoms with van der Waals surface area (Å²) in [7, 11) is 0.